The van der Waals surface area contributed by atoms with Crippen LogP contribution in [0, 0.1) is 0 Å². The molecule has 200 valence electrons. The summed E-state index contributed by atoms with van der Waals surface area (Å²) in [5.41, 5.74) is 1.78. The lowest BCUT2D eigenvalue weighted by molar-refractivity contribution is -0.127. The van der Waals surface area contributed by atoms with Crippen LogP contribution < -0.4 is 20.1 Å². The van der Waals surface area contributed by atoms with Gasteiger partial charge < -0.3 is 20.1 Å². The summed E-state index contributed by atoms with van der Waals surface area (Å²) >= 11 is 4.20. The zero-order valence-electron chi connectivity index (χ0n) is 20.8. The number of carbonyl (C=O) groups excluding carboxylic acids is 4. The zero-order valence-corrected chi connectivity index (χ0v) is 23.2. The zero-order chi connectivity index (χ0) is 27.8. The van der Waals surface area contributed by atoms with Gasteiger partial charge in [-0.15, -0.1) is 0 Å². The van der Waals surface area contributed by atoms with Gasteiger partial charge in [-0.05, 0) is 82.7 Å². The fraction of sp³-hybridized carbons (Fsp3) is 0.143. The third-order valence-electron chi connectivity index (χ3n) is 5.27. The van der Waals surface area contributed by atoms with Gasteiger partial charge in [0, 0.05) is 11.4 Å². The first-order valence-electron chi connectivity index (χ1n) is 11.9. The number of hydrogen-bond donors (Lipinski definition) is 2. The Balaban J connectivity index is 1.45. The van der Waals surface area contributed by atoms with Gasteiger partial charge in [-0.3, -0.25) is 24.1 Å². The summed E-state index contributed by atoms with van der Waals surface area (Å²) in [5.74, 6) is -0.719. The average molecular weight is 610 g/mol. The fourth-order valence-corrected chi connectivity index (χ4v) is 5.00. The molecule has 0 saturated carbocycles. The van der Waals surface area contributed by atoms with Crippen molar-refractivity contribution in [1.29, 1.82) is 0 Å². The molecule has 0 aromatic heterocycles. The van der Waals surface area contributed by atoms with Crippen LogP contribution in [0.25, 0.3) is 6.08 Å². The highest BCUT2D eigenvalue weighted by Crippen LogP contribution is 2.39. The first-order valence-corrected chi connectivity index (χ1v) is 13.5. The number of amides is 4. The number of benzene rings is 3. The van der Waals surface area contributed by atoms with E-state index in [-0.39, 0.29) is 17.4 Å². The molecule has 3 aromatic rings. The van der Waals surface area contributed by atoms with Gasteiger partial charge in [0.1, 0.15) is 6.54 Å². The lowest BCUT2D eigenvalue weighted by atomic mass is 10.2. The lowest BCUT2D eigenvalue weighted by Crippen LogP contribution is -2.36. The van der Waals surface area contributed by atoms with Gasteiger partial charge >= 0.3 is 0 Å². The van der Waals surface area contributed by atoms with Crippen molar-refractivity contribution in [3.8, 4) is 11.5 Å². The molecule has 1 fully saturated rings. The number of halogens is 1. The fourth-order valence-electron chi connectivity index (χ4n) is 3.58. The van der Waals surface area contributed by atoms with Gasteiger partial charge in [0.15, 0.2) is 18.1 Å². The average Bonchev–Trinajstić information content (AvgIpc) is 3.16. The number of thioether (sulfide) groups is 1. The SMILES string of the molecule is CCOc1cc(/C=C2\SC(=O)N(CC(=O)Nc3ccccc3)C2=O)cc(Br)c1OCC(=O)Nc1ccccc1. The molecule has 3 aromatic carbocycles. The summed E-state index contributed by atoms with van der Waals surface area (Å²) in [6, 6.07) is 21.1. The van der Waals surface area contributed by atoms with E-state index in [0.29, 0.717) is 39.5 Å². The van der Waals surface area contributed by atoms with Crippen LogP contribution in [0.15, 0.2) is 82.2 Å². The predicted octanol–water partition coefficient (Wildman–Crippen LogP) is 5.54. The highest BCUT2D eigenvalue weighted by atomic mass is 79.9. The standard InChI is InChI=1S/C28H24BrN3O6S/c1-2-37-22-14-18(13-21(29)26(22)38-17-25(34)31-20-11-7-4-8-12-20)15-23-27(35)32(28(36)39-23)16-24(33)30-19-9-5-3-6-10-19/h3-15H,2,16-17H2,1H3,(H,30,33)(H,31,34)/b23-15-. The molecule has 9 nitrogen and oxygen atoms in total. The van der Waals surface area contributed by atoms with E-state index in [2.05, 4.69) is 26.6 Å². The van der Waals surface area contributed by atoms with E-state index in [1.165, 1.54) is 0 Å². The Morgan fingerprint density at radius 2 is 1.54 bits per heavy atom. The largest absolute Gasteiger partial charge is 0.490 e. The smallest absolute Gasteiger partial charge is 0.294 e. The molecular weight excluding hydrogens is 586 g/mol. The van der Waals surface area contributed by atoms with Crippen LogP contribution in [0.4, 0.5) is 16.2 Å². The minimum Gasteiger partial charge on any atom is -0.490 e. The third-order valence-corrected chi connectivity index (χ3v) is 6.76. The quantitative estimate of drug-likeness (QED) is 0.290. The van der Waals surface area contributed by atoms with Gasteiger partial charge in [0.25, 0.3) is 17.1 Å². The molecule has 1 aliphatic rings. The van der Waals surface area contributed by atoms with Crippen molar-refractivity contribution in [2.45, 2.75) is 6.92 Å². The van der Waals surface area contributed by atoms with E-state index >= 15 is 0 Å². The van der Waals surface area contributed by atoms with E-state index in [9.17, 15) is 19.2 Å². The second-order valence-corrected chi connectivity index (χ2v) is 10.00. The maximum Gasteiger partial charge on any atom is 0.294 e. The number of nitrogens with one attached hydrogen (secondary N) is 2. The van der Waals surface area contributed by atoms with Crippen LogP contribution in [0.2, 0.25) is 0 Å². The van der Waals surface area contributed by atoms with Crippen LogP contribution in [0.1, 0.15) is 12.5 Å². The van der Waals surface area contributed by atoms with Gasteiger partial charge in [-0.2, -0.15) is 0 Å². The first-order chi connectivity index (χ1) is 18.8. The molecule has 1 saturated heterocycles. The number of carbonyl (C=O) groups is 4. The first kappa shape index (κ1) is 27.9. The molecule has 0 atom stereocenters. The molecule has 1 aliphatic heterocycles. The van der Waals surface area contributed by atoms with E-state index in [4.69, 9.17) is 9.47 Å². The van der Waals surface area contributed by atoms with Crippen molar-refractivity contribution >= 4 is 68.1 Å². The second kappa shape index (κ2) is 13.1. The molecule has 0 unspecified atom stereocenters. The molecular formula is C28H24BrN3O6S. The lowest BCUT2D eigenvalue weighted by Gasteiger charge is -2.15. The van der Waals surface area contributed by atoms with Crippen molar-refractivity contribution in [2.24, 2.45) is 0 Å². The Labute approximate surface area is 237 Å². The molecule has 39 heavy (non-hydrogen) atoms. The molecule has 1 heterocycles. The Bertz CT molecular complexity index is 1420. The van der Waals surface area contributed by atoms with Crippen LogP contribution in [0.5, 0.6) is 11.5 Å². The van der Waals surface area contributed by atoms with Crippen LogP contribution in [0.3, 0.4) is 0 Å². The molecule has 11 heteroatoms. The molecule has 2 N–H and O–H groups in total. The van der Waals surface area contributed by atoms with E-state index in [1.54, 1.807) is 61.5 Å². The second-order valence-electron chi connectivity index (χ2n) is 8.15. The monoisotopic (exact) mass is 609 g/mol. The molecule has 4 amide bonds. The summed E-state index contributed by atoms with van der Waals surface area (Å²) in [4.78, 5) is 51.2. The van der Waals surface area contributed by atoms with Crippen molar-refractivity contribution < 1.29 is 28.7 Å². The van der Waals surface area contributed by atoms with Crippen LogP contribution >= 0.6 is 27.7 Å². The molecule has 0 radical (unpaired) electrons. The molecule has 0 aliphatic carbocycles. The number of imide groups is 1. The van der Waals surface area contributed by atoms with Gasteiger partial charge in [-0.25, -0.2) is 0 Å². The summed E-state index contributed by atoms with van der Waals surface area (Å²) in [7, 11) is 0. The number of para-hydroxylation sites is 2. The molecule has 0 spiro atoms. The Kier molecular flexibility index (Phi) is 9.40. The van der Waals surface area contributed by atoms with Crippen LogP contribution in [-0.4, -0.2) is 47.6 Å². The van der Waals surface area contributed by atoms with E-state index < -0.39 is 23.6 Å². The summed E-state index contributed by atoms with van der Waals surface area (Å²) in [6.45, 7) is 1.48. The summed E-state index contributed by atoms with van der Waals surface area (Å²) < 4.78 is 12.0. The highest BCUT2D eigenvalue weighted by Gasteiger charge is 2.36. The highest BCUT2D eigenvalue weighted by molar-refractivity contribution is 9.10. The summed E-state index contributed by atoms with van der Waals surface area (Å²) in [6.07, 6.45) is 1.54. The van der Waals surface area contributed by atoms with E-state index in [0.717, 1.165) is 16.7 Å². The normalized spacial score (nSPS) is 13.9. The topological polar surface area (TPSA) is 114 Å². The Morgan fingerprint density at radius 1 is 0.923 bits per heavy atom. The third kappa shape index (κ3) is 7.49. The van der Waals surface area contributed by atoms with Gasteiger partial charge in [-0.1, -0.05) is 36.4 Å². The Hall–Kier alpha value is -4.09. The number of nitrogens with zero attached hydrogens (tertiary/aromatic N) is 1. The van der Waals surface area contributed by atoms with Crippen LogP contribution in [-0.2, 0) is 14.4 Å². The minimum atomic E-state index is -0.569. The molecule has 0 bridgehead atoms. The number of hydrogen-bond acceptors (Lipinski definition) is 7. The van der Waals surface area contributed by atoms with Crippen molar-refractivity contribution in [1.82, 2.24) is 4.90 Å². The maximum absolute atomic E-state index is 12.9. The van der Waals surface area contributed by atoms with Gasteiger partial charge in [0.05, 0.1) is 16.0 Å². The number of rotatable bonds is 10. The van der Waals surface area contributed by atoms with Crippen molar-refractivity contribution in [2.75, 3.05) is 30.4 Å². The minimum absolute atomic E-state index is 0.165. The Morgan fingerprint density at radius 3 is 2.15 bits per heavy atom. The number of anilines is 2. The molecule has 4 rings (SSSR count). The van der Waals surface area contributed by atoms with E-state index in [1.807, 2.05) is 24.3 Å². The van der Waals surface area contributed by atoms with Crippen molar-refractivity contribution in [3.05, 3.63) is 87.7 Å². The number of ether oxygens (including phenoxy) is 2. The van der Waals surface area contributed by atoms with Gasteiger partial charge in [0.2, 0.25) is 5.91 Å². The predicted molar refractivity (Wildman–Crippen MR) is 154 cm³/mol. The summed E-state index contributed by atoms with van der Waals surface area (Å²) in [5, 5.41) is 4.87. The maximum atomic E-state index is 12.9. The van der Waals surface area contributed by atoms with Crippen molar-refractivity contribution in [3.63, 3.8) is 0 Å².